The largest absolute Gasteiger partial charge is 0.416 e. The number of hydrogen-bond donors (Lipinski definition) is 2. The van der Waals surface area contributed by atoms with Gasteiger partial charge in [0, 0.05) is 37.2 Å². The molecule has 1 saturated heterocycles. The summed E-state index contributed by atoms with van der Waals surface area (Å²) in [6, 6.07) is 9.37. The van der Waals surface area contributed by atoms with Crippen molar-refractivity contribution in [1.29, 1.82) is 0 Å². The summed E-state index contributed by atoms with van der Waals surface area (Å²) in [5.41, 5.74) is 0.652. The number of halogens is 3. The van der Waals surface area contributed by atoms with Gasteiger partial charge in [0.05, 0.1) is 36.2 Å². The Labute approximate surface area is 204 Å². The third kappa shape index (κ3) is 6.66. The van der Waals surface area contributed by atoms with Gasteiger partial charge < -0.3 is 20.3 Å². The van der Waals surface area contributed by atoms with Crippen molar-refractivity contribution in [1.82, 2.24) is 9.97 Å². The van der Waals surface area contributed by atoms with Gasteiger partial charge in [-0.05, 0) is 48.0 Å². The number of nitrogens with one attached hydrogen (secondary N) is 2. The molecule has 1 aliphatic rings. The van der Waals surface area contributed by atoms with Crippen LogP contribution in [0.3, 0.4) is 0 Å². The summed E-state index contributed by atoms with van der Waals surface area (Å²) in [5, 5.41) is 5.08. The maximum Gasteiger partial charge on any atom is 0.416 e. The van der Waals surface area contributed by atoms with Crippen molar-refractivity contribution >= 4 is 35.1 Å². The number of morpholine rings is 1. The molecule has 0 aliphatic carbocycles. The molecule has 0 atom stereocenters. The highest BCUT2D eigenvalue weighted by molar-refractivity contribution is 6.05. The Hall–Kier alpha value is -4.25. The molecule has 1 aliphatic heterocycles. The zero-order valence-electron chi connectivity index (χ0n) is 19.0. The number of hydrogen-bond acceptors (Lipinski definition) is 6. The predicted octanol–water partition coefficient (Wildman–Crippen LogP) is 4.24. The van der Waals surface area contributed by atoms with Crippen molar-refractivity contribution < 1.29 is 27.5 Å². The number of aromatic nitrogens is 2. The Bertz CT molecular complexity index is 1260. The van der Waals surface area contributed by atoms with Crippen LogP contribution in [-0.2, 0) is 15.7 Å². The van der Waals surface area contributed by atoms with E-state index in [1.165, 1.54) is 42.7 Å². The van der Waals surface area contributed by atoms with Crippen molar-refractivity contribution in [2.75, 3.05) is 41.8 Å². The first-order chi connectivity index (χ1) is 17.3. The molecule has 3 heterocycles. The Kier molecular flexibility index (Phi) is 7.59. The molecule has 1 aromatic carbocycles. The number of amides is 2. The minimum absolute atomic E-state index is 0.00212. The van der Waals surface area contributed by atoms with Crippen LogP contribution >= 0.6 is 0 Å². The van der Waals surface area contributed by atoms with E-state index in [2.05, 4.69) is 25.5 Å². The van der Waals surface area contributed by atoms with Gasteiger partial charge in [0.1, 0.15) is 5.82 Å². The first-order valence-electron chi connectivity index (χ1n) is 11.0. The van der Waals surface area contributed by atoms with Gasteiger partial charge in [-0.3, -0.25) is 14.6 Å². The fourth-order valence-electron chi connectivity index (χ4n) is 3.46. The number of carbonyl (C=O) groups is 2. The lowest BCUT2D eigenvalue weighted by Crippen LogP contribution is -2.36. The molecule has 0 saturated carbocycles. The van der Waals surface area contributed by atoms with Gasteiger partial charge in [0.15, 0.2) is 0 Å². The highest BCUT2D eigenvalue weighted by atomic mass is 19.4. The van der Waals surface area contributed by atoms with E-state index in [-0.39, 0.29) is 11.3 Å². The number of ether oxygens (including phenoxy) is 1. The molecular weight excluding hydrogens is 475 g/mol. The lowest BCUT2D eigenvalue weighted by atomic mass is 10.1. The fourth-order valence-corrected chi connectivity index (χ4v) is 3.46. The lowest BCUT2D eigenvalue weighted by Gasteiger charge is -2.28. The molecule has 11 heteroatoms. The van der Waals surface area contributed by atoms with Crippen LogP contribution in [-0.4, -0.2) is 48.1 Å². The number of benzene rings is 1. The highest BCUT2D eigenvalue weighted by Crippen LogP contribution is 2.30. The van der Waals surface area contributed by atoms with Crippen LogP contribution in [0.1, 0.15) is 21.5 Å². The summed E-state index contributed by atoms with van der Waals surface area (Å²) >= 11 is 0. The Morgan fingerprint density at radius 1 is 1.00 bits per heavy atom. The van der Waals surface area contributed by atoms with Crippen LogP contribution in [0.4, 0.5) is 30.4 Å². The van der Waals surface area contributed by atoms with Crippen LogP contribution in [0.5, 0.6) is 0 Å². The van der Waals surface area contributed by atoms with E-state index in [1.807, 2.05) is 6.07 Å². The van der Waals surface area contributed by atoms with Crippen molar-refractivity contribution in [2.24, 2.45) is 0 Å². The second-order valence-electron chi connectivity index (χ2n) is 7.86. The number of rotatable bonds is 6. The zero-order valence-corrected chi connectivity index (χ0v) is 19.0. The highest BCUT2D eigenvalue weighted by Gasteiger charge is 2.30. The van der Waals surface area contributed by atoms with Crippen molar-refractivity contribution in [2.45, 2.75) is 6.18 Å². The first-order valence-corrected chi connectivity index (χ1v) is 11.0. The summed E-state index contributed by atoms with van der Waals surface area (Å²) in [7, 11) is 0. The molecule has 2 N–H and O–H groups in total. The van der Waals surface area contributed by atoms with Gasteiger partial charge in [-0.1, -0.05) is 6.07 Å². The number of alkyl halides is 3. The summed E-state index contributed by atoms with van der Waals surface area (Å²) in [6.45, 7) is 2.88. The second kappa shape index (κ2) is 11.0. The van der Waals surface area contributed by atoms with E-state index in [9.17, 15) is 22.8 Å². The van der Waals surface area contributed by atoms with Gasteiger partial charge in [-0.2, -0.15) is 13.2 Å². The van der Waals surface area contributed by atoms with Crippen molar-refractivity contribution in [3.8, 4) is 0 Å². The number of anilines is 3. The predicted molar refractivity (Wildman–Crippen MR) is 129 cm³/mol. The third-order valence-electron chi connectivity index (χ3n) is 5.27. The topological polar surface area (TPSA) is 96.5 Å². The molecule has 0 radical (unpaired) electrons. The van der Waals surface area contributed by atoms with Gasteiger partial charge in [-0.15, -0.1) is 0 Å². The lowest BCUT2D eigenvalue weighted by molar-refractivity contribution is -0.137. The maximum atomic E-state index is 12.9. The molecule has 2 amide bonds. The average molecular weight is 497 g/mol. The smallest absolute Gasteiger partial charge is 0.378 e. The van der Waals surface area contributed by atoms with E-state index >= 15 is 0 Å². The van der Waals surface area contributed by atoms with Crippen LogP contribution in [0.25, 0.3) is 6.08 Å². The van der Waals surface area contributed by atoms with Crippen LogP contribution < -0.4 is 15.5 Å². The average Bonchev–Trinajstić information content (AvgIpc) is 2.88. The van der Waals surface area contributed by atoms with Gasteiger partial charge in [0.25, 0.3) is 5.91 Å². The molecule has 1 fully saturated rings. The SMILES string of the molecule is O=C(/C=C/c1cncc(C(=O)Nc2cccc(C(F)(F)F)c2)c1)Nc1ccc(N2CCOCC2)cn1. The van der Waals surface area contributed by atoms with Crippen LogP contribution in [0.2, 0.25) is 0 Å². The van der Waals surface area contributed by atoms with Gasteiger partial charge in [-0.25, -0.2) is 4.98 Å². The van der Waals surface area contributed by atoms with E-state index < -0.39 is 23.6 Å². The van der Waals surface area contributed by atoms with Crippen molar-refractivity contribution in [3.05, 3.63) is 83.8 Å². The maximum absolute atomic E-state index is 12.9. The minimum atomic E-state index is -4.52. The third-order valence-corrected chi connectivity index (χ3v) is 5.27. The molecule has 8 nitrogen and oxygen atoms in total. The molecule has 0 spiro atoms. The van der Waals surface area contributed by atoms with E-state index in [1.54, 1.807) is 12.3 Å². The first kappa shape index (κ1) is 24.9. The molecule has 36 heavy (non-hydrogen) atoms. The minimum Gasteiger partial charge on any atom is -0.378 e. The summed E-state index contributed by atoms with van der Waals surface area (Å²) < 4.78 is 44.0. The van der Waals surface area contributed by atoms with Gasteiger partial charge in [0.2, 0.25) is 5.91 Å². The molecule has 0 unspecified atom stereocenters. The second-order valence-corrected chi connectivity index (χ2v) is 7.86. The van der Waals surface area contributed by atoms with E-state index in [0.29, 0.717) is 24.6 Å². The zero-order chi connectivity index (χ0) is 25.5. The van der Waals surface area contributed by atoms with Crippen LogP contribution in [0.15, 0.2) is 67.1 Å². The summed E-state index contributed by atoms with van der Waals surface area (Å²) in [5.74, 6) is -0.680. The molecule has 2 aromatic heterocycles. The normalized spacial score (nSPS) is 14.0. The van der Waals surface area contributed by atoms with Crippen molar-refractivity contribution in [3.63, 3.8) is 0 Å². The van der Waals surface area contributed by atoms with E-state index in [0.717, 1.165) is 30.9 Å². The Balaban J connectivity index is 1.35. The number of carbonyl (C=O) groups excluding carboxylic acids is 2. The molecular formula is C25H22F3N5O3. The fraction of sp³-hybridized carbons (Fsp3) is 0.200. The number of nitrogens with zero attached hydrogens (tertiary/aromatic N) is 3. The Morgan fingerprint density at radius 3 is 2.53 bits per heavy atom. The summed E-state index contributed by atoms with van der Waals surface area (Å²) in [6.07, 6.45) is 2.62. The monoisotopic (exact) mass is 497 g/mol. The van der Waals surface area contributed by atoms with E-state index in [4.69, 9.17) is 4.74 Å². The quantitative estimate of drug-likeness (QED) is 0.495. The van der Waals surface area contributed by atoms with Crippen LogP contribution in [0, 0.1) is 0 Å². The number of pyridine rings is 2. The Morgan fingerprint density at radius 2 is 1.81 bits per heavy atom. The molecule has 186 valence electrons. The summed E-state index contributed by atoms with van der Waals surface area (Å²) in [4.78, 5) is 35.2. The standard InChI is InChI=1S/C25H22F3N5O3/c26-25(27,28)19-2-1-3-20(13-19)31-24(35)18-12-17(14-29-15-18)4-7-23(34)32-22-6-5-21(16-30-22)33-8-10-36-11-9-33/h1-7,12-16H,8-11H2,(H,31,35)(H,30,32,34)/b7-4+. The van der Waals surface area contributed by atoms with Gasteiger partial charge >= 0.3 is 6.18 Å². The molecule has 0 bridgehead atoms. The molecule has 3 aromatic rings. The molecule has 4 rings (SSSR count).